The first-order valence-electron chi connectivity index (χ1n) is 8.63. The summed E-state index contributed by atoms with van der Waals surface area (Å²) in [6.45, 7) is 3.97. The zero-order valence-corrected chi connectivity index (χ0v) is 16.0. The standard InChI is InChI=1S/C20H22ClFN2O3/c1-3-13(2)24-20(26)15-6-4-5-14(9-15)11-23-19(25)12-27-16-7-8-18(22)17(21)10-16/h4-10,13H,3,11-12H2,1-2H3,(H,23,25)(H,24,26). The lowest BCUT2D eigenvalue weighted by molar-refractivity contribution is -0.123. The van der Waals surface area contributed by atoms with Crippen molar-refractivity contribution in [1.82, 2.24) is 10.6 Å². The molecule has 0 heterocycles. The third-order valence-corrected chi connectivity index (χ3v) is 4.22. The molecule has 5 nitrogen and oxygen atoms in total. The molecule has 0 saturated heterocycles. The summed E-state index contributed by atoms with van der Waals surface area (Å²) >= 11 is 5.66. The van der Waals surface area contributed by atoms with Crippen LogP contribution in [0.4, 0.5) is 4.39 Å². The molecule has 1 atom stereocenters. The van der Waals surface area contributed by atoms with Gasteiger partial charge in [0.25, 0.3) is 11.8 Å². The number of amides is 2. The zero-order chi connectivity index (χ0) is 19.8. The molecule has 0 aliphatic heterocycles. The number of ether oxygens (including phenoxy) is 1. The van der Waals surface area contributed by atoms with Gasteiger partial charge < -0.3 is 15.4 Å². The van der Waals surface area contributed by atoms with Gasteiger partial charge in [-0.3, -0.25) is 9.59 Å². The summed E-state index contributed by atoms with van der Waals surface area (Å²) in [6.07, 6.45) is 0.848. The summed E-state index contributed by atoms with van der Waals surface area (Å²) in [5.41, 5.74) is 1.34. The average molecular weight is 393 g/mol. The van der Waals surface area contributed by atoms with Crippen LogP contribution >= 0.6 is 11.6 Å². The van der Waals surface area contributed by atoms with Crippen molar-refractivity contribution in [3.05, 3.63) is 64.4 Å². The van der Waals surface area contributed by atoms with E-state index in [1.165, 1.54) is 18.2 Å². The highest BCUT2D eigenvalue weighted by atomic mass is 35.5. The smallest absolute Gasteiger partial charge is 0.258 e. The Kier molecular flexibility index (Phi) is 7.61. The third-order valence-electron chi connectivity index (χ3n) is 3.93. The number of halogens is 2. The van der Waals surface area contributed by atoms with Crippen LogP contribution in [0.1, 0.15) is 36.2 Å². The van der Waals surface area contributed by atoms with E-state index in [1.807, 2.05) is 19.9 Å². The topological polar surface area (TPSA) is 67.4 Å². The second kappa shape index (κ2) is 9.92. The molecule has 2 N–H and O–H groups in total. The highest BCUT2D eigenvalue weighted by Gasteiger charge is 2.10. The average Bonchev–Trinajstić information content (AvgIpc) is 2.67. The summed E-state index contributed by atoms with van der Waals surface area (Å²) < 4.78 is 18.4. The predicted octanol–water partition coefficient (Wildman–Crippen LogP) is 3.70. The first-order valence-corrected chi connectivity index (χ1v) is 9.01. The van der Waals surface area contributed by atoms with Crippen molar-refractivity contribution >= 4 is 23.4 Å². The summed E-state index contributed by atoms with van der Waals surface area (Å²) in [4.78, 5) is 24.1. The van der Waals surface area contributed by atoms with Crippen LogP contribution in [0.3, 0.4) is 0 Å². The van der Waals surface area contributed by atoms with E-state index in [-0.39, 0.29) is 36.0 Å². The van der Waals surface area contributed by atoms with Gasteiger partial charge in [-0.1, -0.05) is 30.7 Å². The molecule has 0 radical (unpaired) electrons. The molecule has 0 spiro atoms. The fourth-order valence-corrected chi connectivity index (χ4v) is 2.37. The van der Waals surface area contributed by atoms with Crippen LogP contribution in [0.2, 0.25) is 5.02 Å². The molecule has 1 unspecified atom stereocenters. The molecular formula is C20H22ClFN2O3. The Morgan fingerprint density at radius 3 is 2.70 bits per heavy atom. The molecular weight excluding hydrogens is 371 g/mol. The number of hydrogen-bond donors (Lipinski definition) is 2. The molecule has 0 fully saturated rings. The van der Waals surface area contributed by atoms with Gasteiger partial charge in [0.05, 0.1) is 5.02 Å². The van der Waals surface area contributed by atoms with Crippen molar-refractivity contribution in [2.75, 3.05) is 6.61 Å². The van der Waals surface area contributed by atoms with Gasteiger partial charge in [-0.2, -0.15) is 0 Å². The highest BCUT2D eigenvalue weighted by molar-refractivity contribution is 6.30. The number of nitrogens with one attached hydrogen (secondary N) is 2. The van der Waals surface area contributed by atoms with Crippen LogP contribution in [0.15, 0.2) is 42.5 Å². The Hall–Kier alpha value is -2.60. The number of rotatable bonds is 8. The van der Waals surface area contributed by atoms with Crippen molar-refractivity contribution in [3.8, 4) is 5.75 Å². The van der Waals surface area contributed by atoms with Crippen molar-refractivity contribution in [1.29, 1.82) is 0 Å². The van der Waals surface area contributed by atoms with E-state index in [0.29, 0.717) is 11.3 Å². The molecule has 0 bridgehead atoms. The maximum atomic E-state index is 13.1. The molecule has 2 amide bonds. The normalized spacial score (nSPS) is 11.6. The van der Waals surface area contributed by atoms with Crippen LogP contribution in [0.5, 0.6) is 5.75 Å². The third kappa shape index (κ3) is 6.57. The molecule has 0 aliphatic rings. The van der Waals surface area contributed by atoms with Crippen LogP contribution in [-0.2, 0) is 11.3 Å². The lowest BCUT2D eigenvalue weighted by Crippen LogP contribution is -2.32. The summed E-state index contributed by atoms with van der Waals surface area (Å²) in [5.74, 6) is -0.732. The fraction of sp³-hybridized carbons (Fsp3) is 0.300. The van der Waals surface area contributed by atoms with Crippen LogP contribution in [-0.4, -0.2) is 24.5 Å². The summed E-state index contributed by atoms with van der Waals surface area (Å²) in [7, 11) is 0. The molecule has 27 heavy (non-hydrogen) atoms. The Balaban J connectivity index is 1.85. The van der Waals surface area contributed by atoms with E-state index >= 15 is 0 Å². The second-order valence-corrected chi connectivity index (χ2v) is 6.53. The first-order chi connectivity index (χ1) is 12.9. The van der Waals surface area contributed by atoms with Crippen LogP contribution in [0, 0.1) is 5.82 Å². The van der Waals surface area contributed by atoms with Gasteiger partial charge in [-0.15, -0.1) is 0 Å². The van der Waals surface area contributed by atoms with Gasteiger partial charge in [-0.25, -0.2) is 4.39 Å². The highest BCUT2D eigenvalue weighted by Crippen LogP contribution is 2.20. The van der Waals surface area contributed by atoms with E-state index < -0.39 is 5.82 Å². The fourth-order valence-electron chi connectivity index (χ4n) is 2.20. The SMILES string of the molecule is CCC(C)NC(=O)c1cccc(CNC(=O)COc2ccc(F)c(Cl)c2)c1. The first kappa shape index (κ1) is 20.7. The number of carbonyl (C=O) groups is 2. The summed E-state index contributed by atoms with van der Waals surface area (Å²) in [5, 5.41) is 5.54. The molecule has 2 aromatic carbocycles. The van der Waals surface area contributed by atoms with Crippen LogP contribution in [0.25, 0.3) is 0 Å². The minimum Gasteiger partial charge on any atom is -0.484 e. The minimum absolute atomic E-state index is 0.0691. The van der Waals surface area contributed by atoms with Gasteiger partial charge in [0.2, 0.25) is 0 Å². The predicted molar refractivity (Wildman–Crippen MR) is 102 cm³/mol. The quantitative estimate of drug-likeness (QED) is 0.719. The molecule has 0 aromatic heterocycles. The summed E-state index contributed by atoms with van der Waals surface area (Å²) in [6, 6.07) is 11.0. The number of hydrogen-bond acceptors (Lipinski definition) is 3. The Morgan fingerprint density at radius 1 is 1.22 bits per heavy atom. The van der Waals surface area contributed by atoms with Gasteiger partial charge in [0.15, 0.2) is 6.61 Å². The Bertz CT molecular complexity index is 814. The number of benzene rings is 2. The minimum atomic E-state index is -0.550. The van der Waals surface area contributed by atoms with E-state index in [0.717, 1.165) is 12.0 Å². The van der Waals surface area contributed by atoms with Crippen molar-refractivity contribution in [2.24, 2.45) is 0 Å². The van der Waals surface area contributed by atoms with Crippen LogP contribution < -0.4 is 15.4 Å². The van der Waals surface area contributed by atoms with Crippen molar-refractivity contribution in [2.45, 2.75) is 32.9 Å². The van der Waals surface area contributed by atoms with Gasteiger partial charge in [0, 0.05) is 24.2 Å². The monoisotopic (exact) mass is 392 g/mol. The molecule has 0 aliphatic carbocycles. The Labute approximate surface area is 162 Å². The maximum Gasteiger partial charge on any atom is 0.258 e. The molecule has 0 saturated carbocycles. The van der Waals surface area contributed by atoms with E-state index in [1.54, 1.807) is 18.2 Å². The van der Waals surface area contributed by atoms with Gasteiger partial charge >= 0.3 is 0 Å². The lowest BCUT2D eigenvalue weighted by atomic mass is 10.1. The zero-order valence-electron chi connectivity index (χ0n) is 15.2. The second-order valence-electron chi connectivity index (χ2n) is 6.12. The van der Waals surface area contributed by atoms with E-state index in [2.05, 4.69) is 10.6 Å². The molecule has 2 aromatic rings. The number of carbonyl (C=O) groups excluding carboxylic acids is 2. The molecule has 7 heteroatoms. The largest absolute Gasteiger partial charge is 0.484 e. The van der Waals surface area contributed by atoms with Gasteiger partial charge in [-0.05, 0) is 43.2 Å². The van der Waals surface area contributed by atoms with Gasteiger partial charge in [0.1, 0.15) is 11.6 Å². The van der Waals surface area contributed by atoms with E-state index in [4.69, 9.17) is 16.3 Å². The van der Waals surface area contributed by atoms with Crippen molar-refractivity contribution in [3.63, 3.8) is 0 Å². The maximum absolute atomic E-state index is 13.1. The molecule has 144 valence electrons. The molecule has 2 rings (SSSR count). The lowest BCUT2D eigenvalue weighted by Gasteiger charge is -2.12. The van der Waals surface area contributed by atoms with Crippen molar-refractivity contribution < 1.29 is 18.7 Å². The van der Waals surface area contributed by atoms with E-state index in [9.17, 15) is 14.0 Å². The Morgan fingerprint density at radius 2 is 2.00 bits per heavy atom.